The Hall–Kier alpha value is -2.29. The van der Waals surface area contributed by atoms with Crippen LogP contribution in [0.5, 0.6) is 0 Å². The minimum atomic E-state index is -3.01. The molecule has 1 atom stereocenters. The van der Waals surface area contributed by atoms with E-state index in [0.29, 0.717) is 18.2 Å². The second kappa shape index (κ2) is 5.87. The standard InChI is InChI=1S/C17H20N6O2S/c24-26(25)9-8-12(10-26)23-17(18-16(21-23)11-4-1-2-5-11)13-6-3-7-14-15(13)20-22-19-14/h3,6-7,11-12H,1-2,4-5,8-10H2,(H,19,20,22). The highest BCUT2D eigenvalue weighted by atomic mass is 32.2. The highest BCUT2D eigenvalue weighted by Crippen LogP contribution is 2.36. The smallest absolute Gasteiger partial charge is 0.161 e. The van der Waals surface area contributed by atoms with Crippen LogP contribution in [0, 0.1) is 0 Å². The quantitative estimate of drug-likeness (QED) is 0.756. The number of hydrogen-bond donors (Lipinski definition) is 1. The first-order valence-electron chi connectivity index (χ1n) is 9.07. The van der Waals surface area contributed by atoms with Crippen LogP contribution >= 0.6 is 0 Å². The number of nitrogens with zero attached hydrogens (tertiary/aromatic N) is 5. The van der Waals surface area contributed by atoms with Crippen LogP contribution in [0.2, 0.25) is 0 Å². The van der Waals surface area contributed by atoms with Gasteiger partial charge < -0.3 is 0 Å². The number of aromatic amines is 1. The topological polar surface area (TPSA) is 106 Å². The molecule has 0 amide bonds. The molecule has 8 nitrogen and oxygen atoms in total. The minimum absolute atomic E-state index is 0.127. The first kappa shape index (κ1) is 15.9. The van der Waals surface area contributed by atoms with Gasteiger partial charge in [0, 0.05) is 11.5 Å². The Balaban J connectivity index is 1.66. The zero-order valence-electron chi connectivity index (χ0n) is 14.3. The molecule has 2 aliphatic rings. The van der Waals surface area contributed by atoms with Crippen LogP contribution in [0.1, 0.15) is 49.9 Å². The molecule has 5 rings (SSSR count). The van der Waals surface area contributed by atoms with Crippen LogP contribution in [0.15, 0.2) is 18.2 Å². The average molecular weight is 372 g/mol. The number of nitrogens with one attached hydrogen (secondary N) is 1. The highest BCUT2D eigenvalue weighted by molar-refractivity contribution is 7.91. The van der Waals surface area contributed by atoms with E-state index < -0.39 is 9.84 Å². The number of rotatable bonds is 3. The lowest BCUT2D eigenvalue weighted by Gasteiger charge is -2.12. The molecule has 3 heterocycles. The van der Waals surface area contributed by atoms with Gasteiger partial charge in [-0.2, -0.15) is 20.5 Å². The molecule has 0 spiro atoms. The molecule has 1 N–H and O–H groups in total. The molecule has 1 aliphatic heterocycles. The lowest BCUT2D eigenvalue weighted by Crippen LogP contribution is -2.14. The van der Waals surface area contributed by atoms with Gasteiger partial charge in [-0.1, -0.05) is 18.9 Å². The van der Waals surface area contributed by atoms with Gasteiger partial charge in [-0.25, -0.2) is 18.1 Å². The SMILES string of the molecule is O=S1(=O)CCC(n2nc(C3CCCC3)nc2-c2cccc3n[nH]nc23)C1. The van der Waals surface area contributed by atoms with Gasteiger partial charge >= 0.3 is 0 Å². The van der Waals surface area contributed by atoms with Crippen molar-refractivity contribution in [3.63, 3.8) is 0 Å². The first-order valence-corrected chi connectivity index (χ1v) is 10.9. The van der Waals surface area contributed by atoms with Gasteiger partial charge in [0.05, 0.1) is 17.5 Å². The monoisotopic (exact) mass is 372 g/mol. The normalized spacial score (nSPS) is 23.2. The van der Waals surface area contributed by atoms with Crippen molar-refractivity contribution in [2.24, 2.45) is 0 Å². The van der Waals surface area contributed by atoms with Crippen molar-refractivity contribution in [1.82, 2.24) is 30.2 Å². The van der Waals surface area contributed by atoms with Crippen molar-refractivity contribution in [2.75, 3.05) is 11.5 Å². The van der Waals surface area contributed by atoms with Gasteiger partial charge in [0.1, 0.15) is 11.0 Å². The maximum Gasteiger partial charge on any atom is 0.161 e. The van der Waals surface area contributed by atoms with Crippen molar-refractivity contribution in [3.05, 3.63) is 24.0 Å². The molecule has 26 heavy (non-hydrogen) atoms. The zero-order valence-corrected chi connectivity index (χ0v) is 15.1. The molecular weight excluding hydrogens is 352 g/mol. The zero-order chi connectivity index (χ0) is 17.7. The van der Waals surface area contributed by atoms with Crippen LogP contribution in [-0.2, 0) is 9.84 Å². The van der Waals surface area contributed by atoms with Crippen molar-refractivity contribution in [3.8, 4) is 11.4 Å². The van der Waals surface area contributed by atoms with E-state index in [4.69, 9.17) is 10.1 Å². The van der Waals surface area contributed by atoms with E-state index in [1.807, 2.05) is 22.9 Å². The molecule has 3 aromatic rings. The summed E-state index contributed by atoms with van der Waals surface area (Å²) in [4.78, 5) is 4.86. The van der Waals surface area contributed by atoms with E-state index in [2.05, 4.69) is 15.4 Å². The Kier molecular flexibility index (Phi) is 3.59. The average Bonchev–Trinajstić information content (AvgIpc) is 3.39. The summed E-state index contributed by atoms with van der Waals surface area (Å²) in [6.07, 6.45) is 5.18. The lowest BCUT2D eigenvalue weighted by atomic mass is 10.1. The molecule has 1 unspecified atom stereocenters. The van der Waals surface area contributed by atoms with Gasteiger partial charge in [0.15, 0.2) is 21.5 Å². The number of sulfone groups is 1. The minimum Gasteiger partial charge on any atom is -0.241 e. The Bertz CT molecular complexity index is 1060. The molecule has 136 valence electrons. The van der Waals surface area contributed by atoms with Gasteiger partial charge in [0.2, 0.25) is 0 Å². The summed E-state index contributed by atoms with van der Waals surface area (Å²) in [5.41, 5.74) is 2.34. The van der Waals surface area contributed by atoms with Crippen molar-refractivity contribution < 1.29 is 8.42 Å². The summed E-state index contributed by atoms with van der Waals surface area (Å²) in [6.45, 7) is 0. The fourth-order valence-electron chi connectivity index (χ4n) is 4.15. The van der Waals surface area contributed by atoms with Gasteiger partial charge in [-0.05, 0) is 31.4 Å². The fourth-order valence-corrected chi connectivity index (χ4v) is 5.84. The maximum atomic E-state index is 12.0. The summed E-state index contributed by atoms with van der Waals surface area (Å²) in [6, 6.07) is 5.59. The summed E-state index contributed by atoms with van der Waals surface area (Å²) in [7, 11) is -3.01. The van der Waals surface area contributed by atoms with E-state index in [1.54, 1.807) is 0 Å². The van der Waals surface area contributed by atoms with Crippen molar-refractivity contribution in [1.29, 1.82) is 0 Å². The maximum absolute atomic E-state index is 12.0. The van der Waals surface area contributed by atoms with E-state index in [-0.39, 0.29) is 17.5 Å². The van der Waals surface area contributed by atoms with Crippen LogP contribution < -0.4 is 0 Å². The highest BCUT2D eigenvalue weighted by Gasteiger charge is 2.34. The van der Waals surface area contributed by atoms with Gasteiger partial charge in [-0.15, -0.1) is 0 Å². The molecule has 1 saturated carbocycles. The number of benzene rings is 1. The van der Waals surface area contributed by atoms with Crippen LogP contribution in [0.3, 0.4) is 0 Å². The molecular formula is C17H20N6O2S. The Morgan fingerprint density at radius 2 is 1.96 bits per heavy atom. The van der Waals surface area contributed by atoms with Crippen LogP contribution in [0.25, 0.3) is 22.4 Å². The molecule has 2 fully saturated rings. The molecule has 0 radical (unpaired) electrons. The van der Waals surface area contributed by atoms with Gasteiger partial charge in [0.25, 0.3) is 0 Å². The third kappa shape index (κ3) is 2.61. The number of hydrogen-bond acceptors (Lipinski definition) is 6. The summed E-state index contributed by atoms with van der Waals surface area (Å²) in [5, 5.41) is 15.9. The lowest BCUT2D eigenvalue weighted by molar-refractivity contribution is 0.494. The third-order valence-corrected chi connectivity index (χ3v) is 7.26. The van der Waals surface area contributed by atoms with E-state index in [0.717, 1.165) is 35.3 Å². The van der Waals surface area contributed by atoms with E-state index >= 15 is 0 Å². The fraction of sp³-hybridized carbons (Fsp3) is 0.529. The van der Waals surface area contributed by atoms with E-state index in [9.17, 15) is 8.42 Å². The summed E-state index contributed by atoms with van der Waals surface area (Å²) in [5.74, 6) is 2.24. The number of H-pyrrole nitrogens is 1. The largest absolute Gasteiger partial charge is 0.241 e. The number of para-hydroxylation sites is 1. The summed E-state index contributed by atoms with van der Waals surface area (Å²) >= 11 is 0. The van der Waals surface area contributed by atoms with E-state index in [1.165, 1.54) is 12.8 Å². The second-order valence-electron chi connectivity index (χ2n) is 7.27. The molecule has 0 bridgehead atoms. The number of fused-ring (bicyclic) bond motifs is 1. The molecule has 1 saturated heterocycles. The third-order valence-electron chi connectivity index (χ3n) is 5.51. The predicted molar refractivity (Wildman–Crippen MR) is 96.4 cm³/mol. The molecule has 2 aromatic heterocycles. The van der Waals surface area contributed by atoms with Crippen molar-refractivity contribution in [2.45, 2.75) is 44.1 Å². The molecule has 1 aromatic carbocycles. The second-order valence-corrected chi connectivity index (χ2v) is 9.50. The molecule has 9 heteroatoms. The Labute approximate surface area is 150 Å². The van der Waals surface area contributed by atoms with Gasteiger partial charge in [-0.3, -0.25) is 0 Å². The molecule has 1 aliphatic carbocycles. The van der Waals surface area contributed by atoms with Crippen molar-refractivity contribution >= 4 is 20.9 Å². The Morgan fingerprint density at radius 1 is 1.12 bits per heavy atom. The first-order chi connectivity index (χ1) is 12.6. The predicted octanol–water partition coefficient (Wildman–Crippen LogP) is 2.23. The number of aromatic nitrogens is 6. The van der Waals surface area contributed by atoms with Crippen LogP contribution in [0.4, 0.5) is 0 Å². The Morgan fingerprint density at radius 3 is 2.73 bits per heavy atom. The van der Waals surface area contributed by atoms with Crippen LogP contribution in [-0.4, -0.2) is 50.1 Å². The summed E-state index contributed by atoms with van der Waals surface area (Å²) < 4.78 is 25.8.